The molecule has 0 radical (unpaired) electrons. The molecule has 5 heteroatoms. The molecule has 0 saturated carbocycles. The summed E-state index contributed by atoms with van der Waals surface area (Å²) >= 11 is 0. The molecular formula is C20H19NO4. The number of carbonyl (C=O) groups excluding carboxylic acids is 1. The van der Waals surface area contributed by atoms with Gasteiger partial charge in [0, 0.05) is 29.2 Å². The van der Waals surface area contributed by atoms with Crippen molar-refractivity contribution in [1.29, 1.82) is 0 Å². The van der Waals surface area contributed by atoms with E-state index < -0.39 is 5.97 Å². The van der Waals surface area contributed by atoms with E-state index in [1.54, 1.807) is 20.1 Å². The lowest BCUT2D eigenvalue weighted by Gasteiger charge is -2.20. The van der Waals surface area contributed by atoms with Crippen molar-refractivity contribution in [3.8, 4) is 22.6 Å². The van der Waals surface area contributed by atoms with Crippen LogP contribution in [-0.2, 0) is 4.74 Å². The normalized spacial score (nSPS) is 10.7. The predicted molar refractivity (Wildman–Crippen MR) is 95.9 cm³/mol. The Bertz CT molecular complexity index is 958. The number of pyridine rings is 1. The van der Waals surface area contributed by atoms with Crippen LogP contribution in [0.25, 0.3) is 16.8 Å². The molecule has 0 bridgehead atoms. The van der Waals surface area contributed by atoms with Crippen LogP contribution in [0.15, 0.2) is 53.5 Å². The molecule has 2 aliphatic rings. The Morgan fingerprint density at radius 2 is 1.96 bits per heavy atom. The maximum atomic E-state index is 12.5. The minimum absolute atomic E-state index is 0.142. The highest BCUT2D eigenvalue weighted by molar-refractivity contribution is 5.99. The van der Waals surface area contributed by atoms with Crippen LogP contribution in [0.5, 0.6) is 5.75 Å². The maximum absolute atomic E-state index is 12.5. The van der Waals surface area contributed by atoms with Gasteiger partial charge in [-0.05, 0) is 49.7 Å². The summed E-state index contributed by atoms with van der Waals surface area (Å²) in [6.07, 6.45) is 1.90. The van der Waals surface area contributed by atoms with Crippen molar-refractivity contribution in [3.05, 3.63) is 70.1 Å². The SMILES string of the molecule is CCOC(=O)c1c2cc(=O)ccc-2cn(-c2cccc(OC)c2)c1C. The minimum Gasteiger partial charge on any atom is -0.497 e. The largest absolute Gasteiger partial charge is 0.497 e. The number of ether oxygens (including phenoxy) is 2. The minimum atomic E-state index is -0.437. The van der Waals surface area contributed by atoms with Crippen molar-refractivity contribution in [3.63, 3.8) is 0 Å². The Balaban J connectivity index is 2.32. The summed E-state index contributed by atoms with van der Waals surface area (Å²) in [7, 11) is 1.61. The molecule has 1 aromatic carbocycles. The number of aromatic nitrogens is 1. The van der Waals surface area contributed by atoms with Crippen LogP contribution < -0.4 is 10.2 Å². The third-order valence-corrected chi connectivity index (χ3v) is 4.10. The third-order valence-electron chi connectivity index (χ3n) is 4.10. The number of benzene rings is 2. The van der Waals surface area contributed by atoms with E-state index in [4.69, 9.17) is 9.47 Å². The zero-order valence-corrected chi connectivity index (χ0v) is 14.4. The van der Waals surface area contributed by atoms with E-state index >= 15 is 0 Å². The number of fused-ring (bicyclic) bond motifs is 1. The molecule has 1 aliphatic heterocycles. The first kappa shape index (κ1) is 16.8. The molecule has 0 aromatic heterocycles. The molecule has 128 valence electrons. The Morgan fingerprint density at radius 1 is 1.16 bits per heavy atom. The van der Waals surface area contributed by atoms with Gasteiger partial charge in [0.25, 0.3) is 0 Å². The molecule has 0 saturated heterocycles. The smallest absolute Gasteiger partial charge is 0.340 e. The van der Waals surface area contributed by atoms with Crippen molar-refractivity contribution >= 4 is 5.97 Å². The lowest BCUT2D eigenvalue weighted by atomic mass is 9.97. The van der Waals surface area contributed by atoms with Crippen LogP contribution in [0.1, 0.15) is 23.0 Å². The van der Waals surface area contributed by atoms with E-state index in [0.717, 1.165) is 17.0 Å². The fourth-order valence-corrected chi connectivity index (χ4v) is 2.91. The number of esters is 1. The Kier molecular flexibility index (Phi) is 4.57. The fraction of sp³-hybridized carbons (Fsp3) is 0.200. The number of methoxy groups -OCH3 is 1. The molecule has 0 fully saturated rings. The van der Waals surface area contributed by atoms with Crippen LogP contribution in [0.2, 0.25) is 0 Å². The second-order valence-corrected chi connectivity index (χ2v) is 5.63. The first-order valence-electron chi connectivity index (χ1n) is 8.02. The molecule has 0 atom stereocenters. The van der Waals surface area contributed by atoms with Crippen molar-refractivity contribution in [2.24, 2.45) is 0 Å². The molecule has 0 spiro atoms. The quantitative estimate of drug-likeness (QED) is 0.684. The summed E-state index contributed by atoms with van der Waals surface area (Å²) in [5.74, 6) is 0.282. The molecule has 0 N–H and O–H groups in total. The first-order valence-corrected chi connectivity index (χ1v) is 8.02. The molecule has 3 rings (SSSR count). The molecule has 1 aromatic rings. The maximum Gasteiger partial charge on any atom is 0.340 e. The van der Waals surface area contributed by atoms with Crippen molar-refractivity contribution < 1.29 is 14.3 Å². The summed E-state index contributed by atoms with van der Waals surface area (Å²) in [5, 5.41) is 0. The van der Waals surface area contributed by atoms with E-state index in [1.807, 2.05) is 42.0 Å². The average Bonchev–Trinajstić information content (AvgIpc) is 2.61. The van der Waals surface area contributed by atoms with E-state index in [0.29, 0.717) is 16.8 Å². The lowest BCUT2D eigenvalue weighted by molar-refractivity contribution is 0.0525. The van der Waals surface area contributed by atoms with Crippen LogP contribution in [0.4, 0.5) is 0 Å². The number of carbonyl (C=O) groups is 1. The topological polar surface area (TPSA) is 57.5 Å². The summed E-state index contributed by atoms with van der Waals surface area (Å²) in [6.45, 7) is 3.86. The molecule has 0 unspecified atom stereocenters. The van der Waals surface area contributed by atoms with Gasteiger partial charge >= 0.3 is 5.97 Å². The van der Waals surface area contributed by atoms with Gasteiger partial charge in [-0.1, -0.05) is 6.07 Å². The Labute approximate surface area is 145 Å². The summed E-state index contributed by atoms with van der Waals surface area (Å²) in [5.41, 5.74) is 3.20. The summed E-state index contributed by atoms with van der Waals surface area (Å²) in [4.78, 5) is 24.3. The lowest BCUT2D eigenvalue weighted by Crippen LogP contribution is -2.16. The van der Waals surface area contributed by atoms with Gasteiger partial charge in [0.1, 0.15) is 5.75 Å². The van der Waals surface area contributed by atoms with E-state index in [9.17, 15) is 9.59 Å². The average molecular weight is 337 g/mol. The van der Waals surface area contributed by atoms with Gasteiger partial charge in [0.2, 0.25) is 0 Å². The van der Waals surface area contributed by atoms with E-state index in [1.165, 1.54) is 12.1 Å². The van der Waals surface area contributed by atoms with Crippen molar-refractivity contribution in [2.45, 2.75) is 13.8 Å². The molecular weight excluding hydrogens is 318 g/mol. The molecule has 25 heavy (non-hydrogen) atoms. The van der Waals surface area contributed by atoms with Gasteiger partial charge < -0.3 is 14.0 Å². The highest BCUT2D eigenvalue weighted by atomic mass is 16.5. The summed E-state index contributed by atoms with van der Waals surface area (Å²) in [6, 6.07) is 12.2. The van der Waals surface area contributed by atoms with Crippen molar-refractivity contribution in [2.75, 3.05) is 13.7 Å². The standard InChI is InChI=1S/C20H19NO4/c1-4-25-20(23)19-13(2)21(15-6-5-7-17(10-15)24-3)12-14-8-9-16(22)11-18(14)19/h5-12H,4H2,1-3H3. The highest BCUT2D eigenvalue weighted by Gasteiger charge is 2.22. The van der Waals surface area contributed by atoms with E-state index in [2.05, 4.69) is 0 Å². The number of rotatable bonds is 4. The summed E-state index contributed by atoms with van der Waals surface area (Å²) < 4.78 is 12.4. The number of hydrogen-bond acceptors (Lipinski definition) is 4. The number of hydrogen-bond donors (Lipinski definition) is 0. The molecule has 1 heterocycles. The van der Waals surface area contributed by atoms with Gasteiger partial charge in [0.15, 0.2) is 5.43 Å². The monoisotopic (exact) mass is 337 g/mol. The van der Waals surface area contributed by atoms with Gasteiger partial charge in [0.05, 0.1) is 19.3 Å². The highest BCUT2D eigenvalue weighted by Crippen LogP contribution is 2.30. The van der Waals surface area contributed by atoms with Crippen LogP contribution in [0, 0.1) is 6.92 Å². The third kappa shape index (κ3) is 3.13. The zero-order valence-electron chi connectivity index (χ0n) is 14.4. The van der Waals surface area contributed by atoms with Crippen molar-refractivity contribution in [1.82, 2.24) is 4.57 Å². The van der Waals surface area contributed by atoms with Gasteiger partial charge in [-0.25, -0.2) is 4.79 Å². The van der Waals surface area contributed by atoms with Gasteiger partial charge in [-0.3, -0.25) is 4.79 Å². The Hall–Kier alpha value is -3.08. The molecule has 1 aliphatic carbocycles. The predicted octanol–water partition coefficient (Wildman–Crippen LogP) is 3.44. The van der Waals surface area contributed by atoms with Crippen LogP contribution in [0.3, 0.4) is 0 Å². The van der Waals surface area contributed by atoms with Crippen LogP contribution in [-0.4, -0.2) is 24.3 Å². The second kappa shape index (κ2) is 6.81. The van der Waals surface area contributed by atoms with Gasteiger partial charge in [-0.15, -0.1) is 0 Å². The van der Waals surface area contributed by atoms with Gasteiger partial charge in [-0.2, -0.15) is 0 Å². The zero-order chi connectivity index (χ0) is 18.0. The second-order valence-electron chi connectivity index (χ2n) is 5.63. The first-order chi connectivity index (χ1) is 12.0. The van der Waals surface area contributed by atoms with Crippen LogP contribution >= 0.6 is 0 Å². The molecule has 0 amide bonds. The fourth-order valence-electron chi connectivity index (χ4n) is 2.91. The number of nitrogens with zero attached hydrogens (tertiary/aromatic N) is 1. The molecule has 5 nitrogen and oxygen atoms in total. The van der Waals surface area contributed by atoms with E-state index in [-0.39, 0.29) is 12.0 Å². The Morgan fingerprint density at radius 3 is 2.68 bits per heavy atom.